The summed E-state index contributed by atoms with van der Waals surface area (Å²) < 4.78 is 44.9. The monoisotopic (exact) mass is 530 g/mol. The number of benzene rings is 1. The number of hydrogen-bond donors (Lipinski definition) is 3. The summed E-state index contributed by atoms with van der Waals surface area (Å²) in [4.78, 5) is 27.9. The number of carboxylic acid groups (broad SMARTS) is 1. The highest BCUT2D eigenvalue weighted by Gasteiger charge is 2.53. The van der Waals surface area contributed by atoms with E-state index in [0.717, 1.165) is 25.6 Å². The van der Waals surface area contributed by atoms with Gasteiger partial charge in [-0.3, -0.25) is 0 Å². The molecule has 1 aromatic carbocycles. The number of rotatable bonds is 6. The van der Waals surface area contributed by atoms with E-state index >= 15 is 4.39 Å². The second-order valence-corrected chi connectivity index (χ2v) is 10.9. The Morgan fingerprint density at radius 3 is 2.50 bits per heavy atom. The van der Waals surface area contributed by atoms with Crippen LogP contribution in [0.5, 0.6) is 0 Å². The summed E-state index contributed by atoms with van der Waals surface area (Å²) in [5, 5.41) is 22.8. The fraction of sp³-hybridized carbons (Fsp3) is 0.462. The van der Waals surface area contributed by atoms with Crippen molar-refractivity contribution in [3.8, 4) is 0 Å². The Labute approximate surface area is 217 Å². The maximum atomic E-state index is 15.3. The first-order chi connectivity index (χ1) is 17.7. The van der Waals surface area contributed by atoms with Crippen LogP contribution in [0.3, 0.4) is 0 Å². The molecule has 2 aromatic heterocycles. The van der Waals surface area contributed by atoms with Crippen LogP contribution >= 0.6 is 0 Å². The predicted octanol–water partition coefficient (Wildman–Crippen LogP) is 4.31. The third-order valence-corrected chi connectivity index (χ3v) is 7.34. The van der Waals surface area contributed by atoms with Gasteiger partial charge in [0.05, 0.1) is 28.9 Å². The topological polar surface area (TPSA) is 115 Å². The Bertz CT molecular complexity index is 1410. The number of nitrogens with zero attached hydrogens (tertiary/aromatic N) is 5. The number of carbonyl (C=O) groups is 1. The smallest absolute Gasteiger partial charge is 0.407 e. The molecule has 12 heteroatoms. The van der Waals surface area contributed by atoms with Gasteiger partial charge in [0, 0.05) is 37.2 Å². The zero-order chi connectivity index (χ0) is 27.6. The van der Waals surface area contributed by atoms with Crippen LogP contribution in [0.2, 0.25) is 0 Å². The van der Waals surface area contributed by atoms with Gasteiger partial charge >= 0.3 is 12.0 Å². The molecule has 1 spiro atoms. The second-order valence-electron chi connectivity index (χ2n) is 10.9. The third-order valence-electron chi connectivity index (χ3n) is 7.34. The largest absolute Gasteiger partial charge is 0.465 e. The fourth-order valence-electron chi connectivity index (χ4n) is 5.18. The van der Waals surface area contributed by atoms with Gasteiger partial charge in [-0.15, -0.1) is 0 Å². The predicted molar refractivity (Wildman–Crippen MR) is 135 cm³/mol. The van der Waals surface area contributed by atoms with Crippen LogP contribution in [0.1, 0.15) is 43.8 Å². The van der Waals surface area contributed by atoms with Crippen molar-refractivity contribution < 1.29 is 28.2 Å². The number of anilines is 2. The maximum Gasteiger partial charge on any atom is 0.407 e. The number of fused-ring (bicyclic) bond motifs is 1. The standard InChI is InChI=1S/C26H29F3N6O3/c1-14(17-6-5-7-19(20(17)27)26(28,29)24(3,4)38)31-22-18-8-16(9-30-21(18)32-15(2)33-22)34-10-25(11-34)12-35(13-25)23(36)37/h5-9,14,38H,10-13H2,1-4H3,(H,36,37)(H,30,31,32,33)/t14-/m1/s1. The van der Waals surface area contributed by atoms with Gasteiger partial charge in [0.25, 0.3) is 0 Å². The molecule has 2 aliphatic heterocycles. The lowest BCUT2D eigenvalue weighted by Crippen LogP contribution is -2.73. The first kappa shape index (κ1) is 26.0. The normalized spacial score (nSPS) is 17.8. The van der Waals surface area contributed by atoms with Crippen LogP contribution in [0, 0.1) is 18.2 Å². The number of aryl methyl sites for hydroxylation is 1. The molecule has 3 N–H and O–H groups in total. The van der Waals surface area contributed by atoms with Crippen molar-refractivity contribution in [1.82, 2.24) is 19.9 Å². The number of pyridine rings is 1. The number of amides is 1. The molecule has 5 rings (SSSR count). The highest BCUT2D eigenvalue weighted by molar-refractivity contribution is 5.89. The zero-order valence-electron chi connectivity index (χ0n) is 21.5. The highest BCUT2D eigenvalue weighted by Crippen LogP contribution is 2.43. The lowest BCUT2D eigenvalue weighted by Gasteiger charge is -2.60. The van der Waals surface area contributed by atoms with Gasteiger partial charge in [0.1, 0.15) is 23.1 Å². The molecule has 0 unspecified atom stereocenters. The maximum absolute atomic E-state index is 15.3. The van der Waals surface area contributed by atoms with Crippen LogP contribution in [-0.4, -0.2) is 67.9 Å². The van der Waals surface area contributed by atoms with Crippen molar-refractivity contribution in [1.29, 1.82) is 0 Å². The fourth-order valence-corrected chi connectivity index (χ4v) is 5.18. The molecule has 0 radical (unpaired) electrons. The molecule has 0 aliphatic carbocycles. The zero-order valence-corrected chi connectivity index (χ0v) is 21.5. The number of aromatic nitrogens is 3. The van der Waals surface area contributed by atoms with Crippen LogP contribution < -0.4 is 10.2 Å². The third kappa shape index (κ3) is 4.26. The summed E-state index contributed by atoms with van der Waals surface area (Å²) in [6.45, 7) is 7.61. The van der Waals surface area contributed by atoms with Crippen molar-refractivity contribution in [3.05, 3.63) is 53.2 Å². The van der Waals surface area contributed by atoms with Crippen molar-refractivity contribution in [2.75, 3.05) is 36.4 Å². The lowest BCUT2D eigenvalue weighted by molar-refractivity contribution is -0.170. The van der Waals surface area contributed by atoms with E-state index in [1.807, 2.05) is 6.07 Å². The summed E-state index contributed by atoms with van der Waals surface area (Å²) in [6.07, 6.45) is 0.786. The van der Waals surface area contributed by atoms with Gasteiger partial charge in [0.2, 0.25) is 0 Å². The molecule has 9 nitrogen and oxygen atoms in total. The molecule has 2 saturated heterocycles. The Morgan fingerprint density at radius 2 is 1.87 bits per heavy atom. The minimum absolute atomic E-state index is 0.00222. The molecule has 0 bridgehead atoms. The highest BCUT2D eigenvalue weighted by atomic mass is 19.3. The van der Waals surface area contributed by atoms with Gasteiger partial charge in [-0.25, -0.2) is 24.1 Å². The number of aliphatic hydroxyl groups is 1. The van der Waals surface area contributed by atoms with E-state index in [1.54, 1.807) is 20.0 Å². The quantitative estimate of drug-likeness (QED) is 0.432. The Balaban J connectivity index is 1.41. The molecule has 202 valence electrons. The summed E-state index contributed by atoms with van der Waals surface area (Å²) in [5.41, 5.74) is -2.13. The van der Waals surface area contributed by atoms with E-state index in [1.165, 1.54) is 17.0 Å². The van der Waals surface area contributed by atoms with E-state index < -0.39 is 35.0 Å². The molecule has 1 amide bonds. The Kier molecular flexibility index (Phi) is 5.93. The average Bonchev–Trinajstić information content (AvgIpc) is 2.76. The van der Waals surface area contributed by atoms with E-state index in [0.29, 0.717) is 48.9 Å². The summed E-state index contributed by atoms with van der Waals surface area (Å²) in [7, 11) is 0. The molecule has 0 saturated carbocycles. The molecular weight excluding hydrogens is 501 g/mol. The van der Waals surface area contributed by atoms with Crippen molar-refractivity contribution in [3.63, 3.8) is 0 Å². The van der Waals surface area contributed by atoms with E-state index in [-0.39, 0.29) is 11.0 Å². The van der Waals surface area contributed by atoms with Gasteiger partial charge in [-0.2, -0.15) is 8.78 Å². The van der Waals surface area contributed by atoms with E-state index in [4.69, 9.17) is 5.11 Å². The summed E-state index contributed by atoms with van der Waals surface area (Å²) in [5.74, 6) is -4.10. The minimum atomic E-state index is -3.81. The summed E-state index contributed by atoms with van der Waals surface area (Å²) >= 11 is 0. The number of halogens is 3. The van der Waals surface area contributed by atoms with Crippen LogP contribution in [0.15, 0.2) is 30.5 Å². The Morgan fingerprint density at radius 1 is 1.18 bits per heavy atom. The minimum Gasteiger partial charge on any atom is -0.465 e. The van der Waals surface area contributed by atoms with Gasteiger partial charge in [0.15, 0.2) is 5.65 Å². The van der Waals surface area contributed by atoms with Gasteiger partial charge < -0.3 is 25.3 Å². The van der Waals surface area contributed by atoms with Gasteiger partial charge in [-0.05, 0) is 39.8 Å². The molecule has 2 fully saturated rings. The van der Waals surface area contributed by atoms with Gasteiger partial charge in [-0.1, -0.05) is 12.1 Å². The van der Waals surface area contributed by atoms with E-state index in [2.05, 4.69) is 25.2 Å². The SMILES string of the molecule is Cc1nc(N[C@H](C)c2cccc(C(F)(F)C(C)(C)O)c2F)c2cc(N3CC4(CN(C(=O)O)C4)C3)cnc2n1. The number of likely N-dealkylation sites (tertiary alicyclic amines) is 1. The number of nitrogens with one attached hydrogen (secondary N) is 1. The van der Waals surface area contributed by atoms with Crippen LogP contribution in [0.25, 0.3) is 11.0 Å². The lowest BCUT2D eigenvalue weighted by atomic mass is 9.73. The molecule has 1 atom stereocenters. The first-order valence-corrected chi connectivity index (χ1v) is 12.2. The van der Waals surface area contributed by atoms with Crippen LogP contribution in [0.4, 0.5) is 29.5 Å². The van der Waals surface area contributed by atoms with E-state index in [9.17, 15) is 18.7 Å². The number of hydrogen-bond acceptors (Lipinski definition) is 7. The molecule has 38 heavy (non-hydrogen) atoms. The first-order valence-electron chi connectivity index (χ1n) is 12.2. The van der Waals surface area contributed by atoms with Crippen molar-refractivity contribution in [2.45, 2.75) is 45.3 Å². The Hall–Kier alpha value is -3.67. The molecule has 3 aromatic rings. The van der Waals surface area contributed by atoms with Crippen LogP contribution in [-0.2, 0) is 5.92 Å². The van der Waals surface area contributed by atoms with Crippen molar-refractivity contribution in [2.24, 2.45) is 5.41 Å². The second kappa shape index (κ2) is 8.69. The number of alkyl halides is 2. The molecular formula is C26H29F3N6O3. The summed E-state index contributed by atoms with van der Waals surface area (Å²) in [6, 6.07) is 4.84. The average molecular weight is 531 g/mol. The molecule has 2 aliphatic rings. The molecule has 4 heterocycles. The van der Waals surface area contributed by atoms with Crippen molar-refractivity contribution >= 4 is 28.6 Å².